The van der Waals surface area contributed by atoms with Crippen LogP contribution in [0.4, 0.5) is 0 Å². The van der Waals surface area contributed by atoms with Gasteiger partial charge in [-0.25, -0.2) is 0 Å². The fraction of sp³-hybridized carbons (Fsp3) is 0.167. The van der Waals surface area contributed by atoms with Crippen molar-refractivity contribution < 1.29 is 19.1 Å². The molecule has 0 aliphatic heterocycles. The van der Waals surface area contributed by atoms with Crippen LogP contribution in [-0.2, 0) is 4.79 Å². The second-order valence-corrected chi connectivity index (χ2v) is 5.50. The van der Waals surface area contributed by atoms with Crippen molar-refractivity contribution in [2.24, 2.45) is 0 Å². The molecule has 0 fully saturated rings. The van der Waals surface area contributed by atoms with Gasteiger partial charge in [-0.1, -0.05) is 11.6 Å². The predicted molar refractivity (Wildman–Crippen MR) is 90.5 cm³/mol. The van der Waals surface area contributed by atoms with Crippen molar-refractivity contribution in [2.45, 2.75) is 13.3 Å². The van der Waals surface area contributed by atoms with Crippen LogP contribution in [0.5, 0.6) is 5.75 Å². The van der Waals surface area contributed by atoms with Gasteiger partial charge >= 0.3 is 5.97 Å². The summed E-state index contributed by atoms with van der Waals surface area (Å²) in [7, 11) is 0. The van der Waals surface area contributed by atoms with E-state index in [1.165, 1.54) is 6.92 Å². The first-order valence-electron chi connectivity index (χ1n) is 7.31. The van der Waals surface area contributed by atoms with E-state index in [9.17, 15) is 14.4 Å². The molecule has 0 atom stereocenters. The van der Waals surface area contributed by atoms with Gasteiger partial charge in [0.15, 0.2) is 5.78 Å². The van der Waals surface area contributed by atoms with Crippen molar-refractivity contribution >= 4 is 29.3 Å². The Balaban J connectivity index is 1.77. The molecular formula is C18H16ClNO4. The summed E-state index contributed by atoms with van der Waals surface area (Å²) in [5, 5.41) is 3.18. The van der Waals surface area contributed by atoms with E-state index in [1.54, 1.807) is 48.5 Å². The van der Waals surface area contributed by atoms with Crippen molar-refractivity contribution in [2.75, 3.05) is 6.54 Å². The summed E-state index contributed by atoms with van der Waals surface area (Å²) in [5.74, 6) is -0.459. The second-order valence-electron chi connectivity index (χ2n) is 5.07. The van der Waals surface area contributed by atoms with Gasteiger partial charge in [0.05, 0.1) is 6.42 Å². The number of carbonyl (C=O) groups excluding carboxylic acids is 3. The Morgan fingerprint density at radius 2 is 1.54 bits per heavy atom. The number of hydrogen-bond donors (Lipinski definition) is 1. The maximum Gasteiger partial charge on any atom is 0.312 e. The van der Waals surface area contributed by atoms with E-state index in [-0.39, 0.29) is 24.7 Å². The number of benzene rings is 2. The van der Waals surface area contributed by atoms with E-state index in [4.69, 9.17) is 16.3 Å². The number of halogens is 1. The molecule has 0 radical (unpaired) electrons. The molecule has 0 aliphatic rings. The lowest BCUT2D eigenvalue weighted by Gasteiger charge is -2.06. The molecule has 1 N–H and O–H groups in total. The van der Waals surface area contributed by atoms with Gasteiger partial charge in [-0.3, -0.25) is 14.4 Å². The maximum atomic E-state index is 11.9. The zero-order chi connectivity index (χ0) is 17.5. The molecule has 1 amide bonds. The van der Waals surface area contributed by atoms with E-state index >= 15 is 0 Å². The predicted octanol–water partition coefficient (Wildman–Crippen LogP) is 3.27. The van der Waals surface area contributed by atoms with Gasteiger partial charge in [0.25, 0.3) is 5.91 Å². The minimum atomic E-state index is -0.470. The summed E-state index contributed by atoms with van der Waals surface area (Å²) in [4.78, 5) is 34.8. The van der Waals surface area contributed by atoms with E-state index < -0.39 is 5.97 Å². The van der Waals surface area contributed by atoms with Crippen molar-refractivity contribution in [1.82, 2.24) is 5.32 Å². The third kappa shape index (κ3) is 5.21. The second kappa shape index (κ2) is 8.26. The van der Waals surface area contributed by atoms with E-state index in [0.29, 0.717) is 21.9 Å². The molecule has 0 saturated carbocycles. The molecule has 0 saturated heterocycles. The SMILES string of the molecule is CC(=O)c1ccc(OC(=O)CCNC(=O)c2ccc(Cl)cc2)cc1. The van der Waals surface area contributed by atoms with Gasteiger partial charge in [0, 0.05) is 22.7 Å². The number of ketones is 1. The first-order valence-corrected chi connectivity index (χ1v) is 7.69. The normalized spacial score (nSPS) is 10.1. The zero-order valence-electron chi connectivity index (χ0n) is 13.0. The van der Waals surface area contributed by atoms with Gasteiger partial charge in [-0.2, -0.15) is 0 Å². The number of nitrogens with one attached hydrogen (secondary N) is 1. The maximum absolute atomic E-state index is 11.9. The third-order valence-corrected chi connectivity index (χ3v) is 3.47. The standard InChI is InChI=1S/C18H16ClNO4/c1-12(21)13-4-8-16(9-5-13)24-17(22)10-11-20-18(23)14-2-6-15(19)7-3-14/h2-9H,10-11H2,1H3,(H,20,23). The van der Waals surface area contributed by atoms with Crippen LogP contribution in [0, 0.1) is 0 Å². The van der Waals surface area contributed by atoms with Crippen molar-refractivity contribution in [3.8, 4) is 5.75 Å². The molecule has 24 heavy (non-hydrogen) atoms. The van der Waals surface area contributed by atoms with Crippen LogP contribution in [0.25, 0.3) is 0 Å². The first kappa shape index (κ1) is 17.7. The molecule has 0 bridgehead atoms. The Kier molecular flexibility index (Phi) is 6.09. The number of Topliss-reactive ketones (excluding diaryl/α,β-unsaturated/α-hetero) is 1. The number of carbonyl (C=O) groups is 3. The summed E-state index contributed by atoms with van der Waals surface area (Å²) >= 11 is 5.75. The molecule has 0 unspecified atom stereocenters. The van der Waals surface area contributed by atoms with Crippen LogP contribution in [0.1, 0.15) is 34.1 Å². The summed E-state index contributed by atoms with van der Waals surface area (Å²) in [5.41, 5.74) is 1.01. The van der Waals surface area contributed by atoms with Crippen LogP contribution in [-0.4, -0.2) is 24.2 Å². The number of rotatable bonds is 6. The highest BCUT2D eigenvalue weighted by molar-refractivity contribution is 6.30. The van der Waals surface area contributed by atoms with Gasteiger partial charge in [0.1, 0.15) is 5.75 Å². The molecular weight excluding hydrogens is 330 g/mol. The van der Waals surface area contributed by atoms with Crippen LogP contribution in [0.2, 0.25) is 5.02 Å². The van der Waals surface area contributed by atoms with E-state index in [0.717, 1.165) is 0 Å². The molecule has 0 aromatic heterocycles. The quantitative estimate of drug-likeness (QED) is 0.495. The number of amides is 1. The van der Waals surface area contributed by atoms with Crippen molar-refractivity contribution in [3.63, 3.8) is 0 Å². The lowest BCUT2D eigenvalue weighted by Crippen LogP contribution is -2.27. The average Bonchev–Trinajstić information content (AvgIpc) is 2.55. The highest BCUT2D eigenvalue weighted by Crippen LogP contribution is 2.13. The number of esters is 1. The summed E-state index contributed by atoms with van der Waals surface area (Å²) in [6, 6.07) is 12.7. The zero-order valence-corrected chi connectivity index (χ0v) is 13.8. The van der Waals surface area contributed by atoms with E-state index in [1.807, 2.05) is 0 Å². The summed E-state index contributed by atoms with van der Waals surface area (Å²) < 4.78 is 5.13. The fourth-order valence-electron chi connectivity index (χ4n) is 1.92. The molecule has 6 heteroatoms. The number of hydrogen-bond acceptors (Lipinski definition) is 4. The molecule has 0 heterocycles. The minimum Gasteiger partial charge on any atom is -0.426 e. The molecule has 124 valence electrons. The average molecular weight is 346 g/mol. The number of ether oxygens (including phenoxy) is 1. The van der Waals surface area contributed by atoms with Gasteiger partial charge < -0.3 is 10.1 Å². The Morgan fingerprint density at radius 3 is 2.12 bits per heavy atom. The van der Waals surface area contributed by atoms with Crippen LogP contribution in [0.15, 0.2) is 48.5 Å². The fourth-order valence-corrected chi connectivity index (χ4v) is 2.05. The summed E-state index contributed by atoms with van der Waals surface area (Å²) in [6.45, 7) is 1.62. The molecule has 0 spiro atoms. The van der Waals surface area contributed by atoms with Crippen LogP contribution in [0.3, 0.4) is 0 Å². The molecule has 2 aromatic carbocycles. The van der Waals surface area contributed by atoms with Crippen molar-refractivity contribution in [1.29, 1.82) is 0 Å². The molecule has 2 aromatic rings. The van der Waals surface area contributed by atoms with Crippen LogP contribution < -0.4 is 10.1 Å². The Bertz CT molecular complexity index is 739. The highest BCUT2D eigenvalue weighted by Gasteiger charge is 2.09. The Hall–Kier alpha value is -2.66. The Morgan fingerprint density at radius 1 is 0.958 bits per heavy atom. The van der Waals surface area contributed by atoms with E-state index in [2.05, 4.69) is 5.32 Å². The third-order valence-electron chi connectivity index (χ3n) is 3.21. The molecule has 0 aliphatic carbocycles. The topological polar surface area (TPSA) is 72.5 Å². The van der Waals surface area contributed by atoms with Crippen LogP contribution >= 0.6 is 11.6 Å². The summed E-state index contributed by atoms with van der Waals surface area (Å²) in [6.07, 6.45) is 0.0355. The highest BCUT2D eigenvalue weighted by atomic mass is 35.5. The monoisotopic (exact) mass is 345 g/mol. The lowest BCUT2D eigenvalue weighted by molar-refractivity contribution is -0.134. The smallest absolute Gasteiger partial charge is 0.312 e. The van der Waals surface area contributed by atoms with Gasteiger partial charge in [0.2, 0.25) is 0 Å². The molecule has 5 nitrogen and oxygen atoms in total. The first-order chi connectivity index (χ1) is 11.5. The van der Waals surface area contributed by atoms with Crippen molar-refractivity contribution in [3.05, 3.63) is 64.7 Å². The minimum absolute atomic E-state index is 0.0355. The Labute approximate surface area is 144 Å². The molecule has 2 rings (SSSR count). The van der Waals surface area contributed by atoms with Gasteiger partial charge in [-0.15, -0.1) is 0 Å². The van der Waals surface area contributed by atoms with Gasteiger partial charge in [-0.05, 0) is 55.5 Å². The largest absolute Gasteiger partial charge is 0.426 e. The lowest BCUT2D eigenvalue weighted by atomic mass is 10.1.